The Balaban J connectivity index is 2.52. The number of allylic oxidation sites excluding steroid dienone is 4. The van der Waals surface area contributed by atoms with Crippen LogP contribution in [-0.2, 0) is 42.9 Å². The predicted molar refractivity (Wildman–Crippen MR) is 318 cm³/mol. The number of nitrogens with one attached hydrogen (secondary N) is 1. The molecular weight excluding hydrogens is 1120 g/mol. The number of aliphatic hydroxyl groups is 10. The Hall–Kier alpha value is -4.86. The van der Waals surface area contributed by atoms with Gasteiger partial charge in [-0.25, -0.2) is 0 Å². The number of nitrogens with zero attached hydrogens (tertiary/aromatic N) is 1. The van der Waals surface area contributed by atoms with Crippen LogP contribution in [-0.4, -0.2) is 196 Å². The van der Waals surface area contributed by atoms with Gasteiger partial charge in [-0.1, -0.05) is 103 Å². The van der Waals surface area contributed by atoms with E-state index in [-0.39, 0.29) is 37.0 Å². The number of fused-ring (bicyclic) bond motifs is 2. The van der Waals surface area contributed by atoms with Gasteiger partial charge in [0.2, 0.25) is 5.79 Å². The molecule has 1 saturated heterocycles. The lowest BCUT2D eigenvalue weighted by molar-refractivity contribution is -0.335. The largest absolute Gasteiger partial charge is 0.481 e. The van der Waals surface area contributed by atoms with Gasteiger partial charge in [0.05, 0.1) is 67.0 Å². The van der Waals surface area contributed by atoms with Crippen LogP contribution < -0.4 is 11.1 Å². The lowest BCUT2D eigenvalue weighted by atomic mass is 9.83. The van der Waals surface area contributed by atoms with Gasteiger partial charge < -0.3 is 91.3 Å². The van der Waals surface area contributed by atoms with Crippen molar-refractivity contribution in [1.82, 2.24) is 5.32 Å². The first-order chi connectivity index (χ1) is 40.3. The van der Waals surface area contributed by atoms with Crippen molar-refractivity contribution in [3.63, 3.8) is 0 Å². The summed E-state index contributed by atoms with van der Waals surface area (Å²) in [7, 11) is 1.62. The predicted octanol–water partition coefficient (Wildman–Crippen LogP) is 3.33. The number of carboxylic acids is 2. The lowest BCUT2D eigenvalue weighted by Gasteiger charge is -2.46. The molecule has 2 heterocycles. The van der Waals surface area contributed by atoms with Gasteiger partial charge in [0.1, 0.15) is 25.0 Å². The number of esters is 3. The van der Waals surface area contributed by atoms with Crippen LogP contribution in [0.2, 0.25) is 0 Å². The molecule has 2 bridgehead atoms. The van der Waals surface area contributed by atoms with Gasteiger partial charge in [0, 0.05) is 69.4 Å². The van der Waals surface area contributed by atoms with Crippen molar-refractivity contribution < 1.29 is 104 Å². The van der Waals surface area contributed by atoms with Crippen LogP contribution in [0.25, 0.3) is 0 Å². The Kier molecular flexibility index (Phi) is 35.2. The molecule has 0 aromatic rings. The maximum absolute atomic E-state index is 13.9. The number of aliphatic hydroxyl groups excluding tert-OH is 9. The maximum Gasteiger partial charge on any atom is 0.317 e. The summed E-state index contributed by atoms with van der Waals surface area (Å²) in [6.45, 7) is 14.6. The highest BCUT2D eigenvalue weighted by Gasteiger charge is 2.53. The monoisotopic (exact) mass is 1230 g/mol. The van der Waals surface area contributed by atoms with Crippen molar-refractivity contribution in [2.75, 3.05) is 13.6 Å². The first-order valence-corrected chi connectivity index (χ1v) is 30.5. The van der Waals surface area contributed by atoms with Crippen LogP contribution in [0.15, 0.2) is 53.6 Å². The Labute approximate surface area is 507 Å². The second kappa shape index (κ2) is 39.2. The summed E-state index contributed by atoms with van der Waals surface area (Å²) in [6, 6.07) is 0. The minimum atomic E-state index is -2.75. The van der Waals surface area contributed by atoms with E-state index in [1.807, 2.05) is 13.8 Å². The zero-order chi connectivity index (χ0) is 65.0. The zero-order valence-corrected chi connectivity index (χ0v) is 51.8. The minimum Gasteiger partial charge on any atom is -0.481 e. The number of cyclic esters (lactones) is 1. The van der Waals surface area contributed by atoms with Gasteiger partial charge in [-0.15, -0.1) is 0 Å². The Morgan fingerprint density at radius 3 is 1.94 bits per heavy atom. The van der Waals surface area contributed by atoms with Gasteiger partial charge in [-0.2, -0.15) is 0 Å². The van der Waals surface area contributed by atoms with Gasteiger partial charge in [-0.3, -0.25) is 29.0 Å². The fraction of sp³-hybridized carbons (Fsp3) is 0.774. The summed E-state index contributed by atoms with van der Waals surface area (Å²) in [5, 5.41) is 135. The van der Waals surface area contributed by atoms with Crippen molar-refractivity contribution in [3.8, 4) is 0 Å². The van der Waals surface area contributed by atoms with E-state index in [1.165, 1.54) is 32.1 Å². The third kappa shape index (κ3) is 28.5. The molecule has 0 saturated carbocycles. The normalized spacial score (nSPS) is 35.8. The summed E-state index contributed by atoms with van der Waals surface area (Å²) in [6.07, 6.45) is -3.69. The lowest BCUT2D eigenvalue weighted by Crippen LogP contribution is -2.61. The quantitative estimate of drug-likeness (QED) is 0.0189. The van der Waals surface area contributed by atoms with Crippen LogP contribution in [0, 0.1) is 47.3 Å². The highest BCUT2D eigenvalue weighted by Crippen LogP contribution is 2.38. The Morgan fingerprint density at radius 2 is 1.31 bits per heavy atom. The number of aliphatic carboxylic acids is 2. The van der Waals surface area contributed by atoms with Gasteiger partial charge in [0.15, 0.2) is 12.1 Å². The van der Waals surface area contributed by atoms with E-state index in [1.54, 1.807) is 46.0 Å². The van der Waals surface area contributed by atoms with Crippen LogP contribution in [0.3, 0.4) is 0 Å². The minimum absolute atomic E-state index is 0.0172. The smallest absolute Gasteiger partial charge is 0.317 e. The molecule has 2 aliphatic rings. The van der Waals surface area contributed by atoms with Gasteiger partial charge in [-0.05, 0) is 76.0 Å². The number of aliphatic imine (C=N–C) groups is 1. The number of rotatable bonds is 17. The SMILES string of the molecule is CN=C(N)NCCCC=CCCCC(C)CC(C)C1OC(=O)C(C)C(O)C=CC(C)C(O)CC(O)C(C)C(O)CCC(C)C(O)CC2(O)OC(CC(OC(=O)CC(=O)O)CC(O)CC(O)C(C)C(O)C=CC=CC1C)CC(O)C2OC(=O)CC(=O)O. The molecule has 0 spiro atoms. The fourth-order valence-corrected chi connectivity index (χ4v) is 10.8. The number of ether oxygens (including phenoxy) is 4. The molecule has 22 atom stereocenters. The van der Waals surface area contributed by atoms with Crippen molar-refractivity contribution in [2.24, 2.45) is 58.1 Å². The van der Waals surface area contributed by atoms with Crippen molar-refractivity contribution >= 4 is 35.8 Å². The molecule has 86 heavy (non-hydrogen) atoms. The molecule has 0 aromatic heterocycles. The van der Waals surface area contributed by atoms with E-state index < -0.39 is 190 Å². The van der Waals surface area contributed by atoms with E-state index in [9.17, 15) is 85.3 Å². The maximum atomic E-state index is 13.9. The first kappa shape index (κ1) is 77.2. The molecule has 0 aromatic carbocycles. The number of guanidine groups is 1. The number of unbranched alkanes of at least 4 members (excludes halogenated alkanes) is 2. The highest BCUT2D eigenvalue weighted by atomic mass is 16.7. The van der Waals surface area contributed by atoms with Crippen molar-refractivity contribution in [1.29, 1.82) is 0 Å². The van der Waals surface area contributed by atoms with Gasteiger partial charge >= 0.3 is 29.8 Å². The molecule has 24 nitrogen and oxygen atoms in total. The number of carboxylic acid groups (broad SMARTS) is 2. The third-order valence-electron chi connectivity index (χ3n) is 16.7. The van der Waals surface area contributed by atoms with Crippen LogP contribution in [0.1, 0.15) is 158 Å². The Bertz CT molecular complexity index is 2200. The summed E-state index contributed by atoms with van der Waals surface area (Å²) in [4.78, 5) is 66.1. The molecular formula is C62H105N3O21. The van der Waals surface area contributed by atoms with Crippen molar-refractivity contribution in [2.45, 2.75) is 243 Å². The molecule has 0 radical (unpaired) electrons. The zero-order valence-electron chi connectivity index (χ0n) is 51.8. The highest BCUT2D eigenvalue weighted by molar-refractivity contribution is 5.90. The van der Waals surface area contributed by atoms with Crippen LogP contribution in [0.5, 0.6) is 0 Å². The van der Waals surface area contributed by atoms with E-state index in [0.29, 0.717) is 12.4 Å². The first-order valence-electron chi connectivity index (χ1n) is 30.5. The standard InChI is InChI=1S/C62H105N3O21/c1-35(18-14-12-10-11-13-17-25-65-61(63)64-9)26-39(5)58-38(4)19-15-16-20-46(67)40(6)50(71)28-43(66)27-44(83-56(79)32-54(75)76)29-45-30-52(73)59(84-57(80)33-55(77)78)62(82,86-45)34-53(74)37(3)22-23-47(68)41(7)51(72)31-49(70)36(2)21-24-48(69)42(8)60(81)85-58/h10-11,15-16,19-21,24,35-53,58-59,66-74,82H,12-14,17-18,22-23,25-34H2,1-9H3,(H,75,76)(H,77,78)(H3,63,64,65). The summed E-state index contributed by atoms with van der Waals surface area (Å²) >= 11 is 0. The van der Waals surface area contributed by atoms with E-state index in [0.717, 1.165) is 38.6 Å². The number of carbonyl (C=O) groups is 5. The molecule has 0 aliphatic carbocycles. The molecule has 494 valence electrons. The molecule has 24 heteroatoms. The van der Waals surface area contributed by atoms with Crippen LogP contribution in [0.4, 0.5) is 0 Å². The number of hydrogen-bond acceptors (Lipinski definition) is 20. The molecule has 1 fully saturated rings. The third-order valence-corrected chi connectivity index (χ3v) is 16.7. The van der Waals surface area contributed by atoms with E-state index in [2.05, 4.69) is 29.4 Å². The van der Waals surface area contributed by atoms with Crippen LogP contribution >= 0.6 is 0 Å². The fourth-order valence-electron chi connectivity index (χ4n) is 10.8. The molecule has 2 aliphatic heterocycles. The molecule has 2 rings (SSSR count). The molecule has 0 amide bonds. The van der Waals surface area contributed by atoms with E-state index >= 15 is 0 Å². The summed E-state index contributed by atoms with van der Waals surface area (Å²) < 4.78 is 22.9. The molecule has 15 N–H and O–H groups in total. The Morgan fingerprint density at radius 1 is 0.709 bits per heavy atom. The summed E-state index contributed by atoms with van der Waals surface area (Å²) in [5.74, 6) is -13.2. The number of hydrogen-bond donors (Lipinski definition) is 14. The average molecular weight is 1230 g/mol. The summed E-state index contributed by atoms with van der Waals surface area (Å²) in [5.41, 5.74) is 5.69. The second-order valence-corrected chi connectivity index (χ2v) is 24.4. The average Bonchev–Trinajstić information content (AvgIpc) is 1.11. The molecule has 22 unspecified atom stereocenters. The van der Waals surface area contributed by atoms with E-state index in [4.69, 9.17) is 24.7 Å². The second-order valence-electron chi connectivity index (χ2n) is 24.4. The van der Waals surface area contributed by atoms with Crippen molar-refractivity contribution in [3.05, 3.63) is 48.6 Å². The number of nitrogens with two attached hydrogens (primary N) is 1. The van der Waals surface area contributed by atoms with Gasteiger partial charge in [0.25, 0.3) is 0 Å². The topological polar surface area (TPSA) is 415 Å². The number of carbonyl (C=O) groups excluding carboxylic acids is 3.